The van der Waals surface area contributed by atoms with Crippen LogP contribution in [-0.2, 0) is 34.7 Å². The lowest BCUT2D eigenvalue weighted by Crippen LogP contribution is -2.30. The second-order valence-electron chi connectivity index (χ2n) is 15.3. The Morgan fingerprint density at radius 3 is 1.62 bits per heavy atom. The quantitative estimate of drug-likeness (QED) is 0.129. The molecule has 0 radical (unpaired) electrons. The van der Waals surface area contributed by atoms with Gasteiger partial charge in [-0.2, -0.15) is 0 Å². The van der Waals surface area contributed by atoms with E-state index in [4.69, 9.17) is 32.5 Å². The van der Waals surface area contributed by atoms with E-state index in [0.29, 0.717) is 46.3 Å². The number of alkyl halides is 1. The zero-order valence-electron chi connectivity index (χ0n) is 34.2. The Bertz CT molecular complexity index is 2570. The number of aromatic nitrogens is 8. The third-order valence-electron chi connectivity index (χ3n) is 8.04. The summed E-state index contributed by atoms with van der Waals surface area (Å²) in [6, 6.07) is 5.41. The summed E-state index contributed by atoms with van der Waals surface area (Å²) < 4.78 is 42.8. The predicted molar refractivity (Wildman–Crippen MR) is 235 cm³/mol. The number of fused-ring (bicyclic) bond motifs is 2. The number of aryl methyl sites for hydroxylation is 2. The molecule has 6 aromatic rings. The highest BCUT2D eigenvalue weighted by Crippen LogP contribution is 2.27. The summed E-state index contributed by atoms with van der Waals surface area (Å²) in [5, 5.41) is 0. The van der Waals surface area contributed by atoms with Crippen LogP contribution in [0.15, 0.2) is 58.9 Å². The van der Waals surface area contributed by atoms with Crippen LogP contribution >= 0.6 is 11.6 Å². The van der Waals surface area contributed by atoms with E-state index < -0.39 is 40.6 Å². The molecule has 4 heterocycles. The first-order valence-electron chi connectivity index (χ1n) is 18.7. The van der Waals surface area contributed by atoms with Crippen LogP contribution in [-0.4, -0.2) is 62.0 Å². The Labute approximate surface area is 358 Å². The van der Waals surface area contributed by atoms with Gasteiger partial charge >= 0.3 is 12.2 Å². The largest absolute Gasteiger partial charge is 0.443 e. The van der Waals surface area contributed by atoms with Gasteiger partial charge in [0.25, 0.3) is 11.1 Å². The first-order chi connectivity index (χ1) is 27.7. The second kappa shape index (κ2) is 21.4. The molecule has 0 spiro atoms. The first kappa shape index (κ1) is 51.0. The van der Waals surface area contributed by atoms with Crippen molar-refractivity contribution in [2.24, 2.45) is 0 Å². The van der Waals surface area contributed by atoms with Crippen molar-refractivity contribution in [3.8, 4) is 0 Å². The number of hydrogen-bond donors (Lipinski definition) is 3. The van der Waals surface area contributed by atoms with Crippen molar-refractivity contribution in [2.45, 2.75) is 120 Å². The number of nitrogens with one attached hydrogen (secondary N) is 1. The van der Waals surface area contributed by atoms with Gasteiger partial charge in [-0.15, -0.1) is 11.6 Å². The normalized spacial score (nSPS) is 11.1. The molecule has 0 amide bonds. The van der Waals surface area contributed by atoms with Crippen molar-refractivity contribution in [1.29, 1.82) is 0 Å². The van der Waals surface area contributed by atoms with Gasteiger partial charge in [-0.3, -0.25) is 14.2 Å². The number of ether oxygens (including phenoxy) is 2. The third kappa shape index (κ3) is 13.2. The van der Waals surface area contributed by atoms with Crippen molar-refractivity contribution < 1.29 is 27.8 Å². The molecule has 332 valence electrons. The van der Waals surface area contributed by atoms with Crippen molar-refractivity contribution in [3.63, 3.8) is 0 Å². The zero-order chi connectivity index (χ0) is 43.8. The molecule has 2 aromatic carbocycles. The Morgan fingerprint density at radius 2 is 1.21 bits per heavy atom. The highest BCUT2D eigenvalue weighted by atomic mass is 35.5. The summed E-state index contributed by atoms with van der Waals surface area (Å²) in [5.41, 5.74) is 12.0. The van der Waals surface area contributed by atoms with Crippen molar-refractivity contribution >= 4 is 57.2 Å². The monoisotopic (exact) mass is 870 g/mol. The fourth-order valence-corrected chi connectivity index (χ4v) is 5.92. The number of nitrogens with two attached hydrogens (primary N) is 2. The number of nitrogens with zero attached hydrogens (tertiary/aromatic N) is 7. The van der Waals surface area contributed by atoms with E-state index in [1.54, 1.807) is 41.5 Å². The molecule has 6 rings (SSSR count). The van der Waals surface area contributed by atoms with E-state index in [2.05, 4.69) is 24.9 Å². The van der Waals surface area contributed by atoms with Crippen LogP contribution in [0.2, 0.25) is 0 Å². The Kier molecular flexibility index (Phi) is 17.9. The molecule has 0 fully saturated rings. The average Bonchev–Trinajstić information content (AvgIpc) is 3.69. The molecule has 0 unspecified atom stereocenters. The highest BCUT2D eigenvalue weighted by Gasteiger charge is 2.26. The lowest BCUT2D eigenvalue weighted by atomic mass is 10.1. The maximum absolute atomic E-state index is 14.3. The number of imidazole rings is 2. The number of benzene rings is 2. The number of halogens is 3. The van der Waals surface area contributed by atoms with Gasteiger partial charge in [0.05, 0.1) is 59.5 Å². The van der Waals surface area contributed by atoms with E-state index >= 15 is 0 Å². The summed E-state index contributed by atoms with van der Waals surface area (Å²) in [6.07, 6.45) is 6.78. The number of nitrogen functional groups attached to an aromatic ring is 2. The molecular weight excluding hydrogens is 814 g/mol. The standard InChI is InChI=1S/C20H24FN5O3.C16H20ClFN2O2.C4H5N3O.2CH4/c1-5-6-12-7-13(21)8-15-17(12)24-16(26(15)19(28)29-20(2,3)4)10-25-11-23-9-14(22)18(25)27;1-5-6-10-7-11(18)8-12-14(10)19-13(9-17)20(12)15(21)22-16(2,3)4;5-3-1-6-2-7-4(3)8;;/h7-9,11H,5-6,10,22H2,1-4H3;7-8H,5-6,9H2,1-4H3;1-2H,5H2,(H,6,7,8);2*1H4. The van der Waals surface area contributed by atoms with Gasteiger partial charge in [0.15, 0.2) is 0 Å². The number of hydrogen-bond acceptors (Lipinski definition) is 12. The van der Waals surface area contributed by atoms with E-state index in [9.17, 15) is 28.0 Å². The number of carbonyl (C=O) groups excluding carboxylic acids is 2. The summed E-state index contributed by atoms with van der Waals surface area (Å²) >= 11 is 5.90. The van der Waals surface area contributed by atoms with Crippen LogP contribution in [0, 0.1) is 11.6 Å². The minimum absolute atomic E-state index is 0. The van der Waals surface area contributed by atoms with Crippen LogP contribution in [0.1, 0.15) is 106 Å². The van der Waals surface area contributed by atoms with Gasteiger partial charge in [0.1, 0.15) is 45.9 Å². The van der Waals surface area contributed by atoms with Crippen molar-refractivity contribution in [3.05, 3.63) is 104 Å². The number of rotatable bonds is 7. The van der Waals surface area contributed by atoms with Gasteiger partial charge in [0.2, 0.25) is 0 Å². The topological polar surface area (TPSA) is 221 Å². The van der Waals surface area contributed by atoms with E-state index in [-0.39, 0.29) is 50.0 Å². The molecule has 0 aliphatic carbocycles. The third-order valence-corrected chi connectivity index (χ3v) is 8.28. The van der Waals surface area contributed by atoms with E-state index in [0.717, 1.165) is 18.4 Å². The van der Waals surface area contributed by atoms with Crippen LogP contribution in [0.4, 0.5) is 29.7 Å². The Morgan fingerprint density at radius 1 is 0.754 bits per heavy atom. The van der Waals surface area contributed by atoms with E-state index in [1.807, 2.05) is 13.8 Å². The van der Waals surface area contributed by atoms with Gasteiger partial charge in [-0.1, -0.05) is 41.5 Å². The molecule has 0 atom stereocenters. The molecule has 0 saturated heterocycles. The minimum Gasteiger partial charge on any atom is -0.443 e. The summed E-state index contributed by atoms with van der Waals surface area (Å²) in [7, 11) is 0. The SMILES string of the molecule is C.C.CCCc1cc(F)cc2c1nc(CCl)n2C(=O)OC(C)(C)C.CCCc1cc(F)cc2c1nc(Cn1cncc(N)c1=O)n2C(=O)OC(C)(C)C.Nc1cnc[nH]c1=O. The summed E-state index contributed by atoms with van der Waals surface area (Å²) in [6.45, 7) is 14.4. The number of anilines is 2. The molecule has 0 bridgehead atoms. The lowest BCUT2D eigenvalue weighted by molar-refractivity contribution is 0.0527. The molecule has 16 nitrogen and oxygen atoms in total. The smallest absolute Gasteiger partial charge is 0.420 e. The molecule has 5 N–H and O–H groups in total. The maximum Gasteiger partial charge on any atom is 0.420 e. The Hall–Kier alpha value is -6.17. The maximum atomic E-state index is 14.3. The van der Waals surface area contributed by atoms with Crippen LogP contribution in [0.25, 0.3) is 22.1 Å². The van der Waals surface area contributed by atoms with Crippen molar-refractivity contribution in [1.82, 2.24) is 38.6 Å². The molecule has 0 aliphatic rings. The van der Waals surface area contributed by atoms with Crippen molar-refractivity contribution in [2.75, 3.05) is 11.5 Å². The minimum atomic E-state index is -0.764. The zero-order valence-corrected chi connectivity index (χ0v) is 35.0. The highest BCUT2D eigenvalue weighted by molar-refractivity contribution is 6.17. The molecule has 4 aromatic heterocycles. The van der Waals surface area contributed by atoms with Gasteiger partial charge in [0, 0.05) is 12.1 Å². The fraction of sp³-hybridized carbons (Fsp3) is 0.429. The molecule has 19 heteroatoms. The van der Waals surface area contributed by atoms with Gasteiger partial charge in [-0.05, 0) is 77.6 Å². The predicted octanol–water partition coefficient (Wildman–Crippen LogP) is 8.37. The number of aromatic amines is 1. The molecule has 0 saturated carbocycles. The molecule has 61 heavy (non-hydrogen) atoms. The van der Waals surface area contributed by atoms with E-state index in [1.165, 1.54) is 63.0 Å². The van der Waals surface area contributed by atoms with Crippen LogP contribution in [0.5, 0.6) is 0 Å². The Balaban J connectivity index is 0.000000353. The molecular formula is C42H57ClF2N10O6. The van der Waals surface area contributed by atoms with Gasteiger partial charge < -0.3 is 25.9 Å². The fourth-order valence-electron chi connectivity index (χ4n) is 5.74. The number of carbonyl (C=O) groups is 2. The van der Waals surface area contributed by atoms with Crippen LogP contribution < -0.4 is 22.6 Å². The average molecular weight is 871 g/mol. The first-order valence-corrected chi connectivity index (χ1v) is 19.2. The molecule has 0 aliphatic heterocycles. The lowest BCUT2D eigenvalue weighted by Gasteiger charge is -2.20. The number of H-pyrrole nitrogens is 1. The van der Waals surface area contributed by atoms with Gasteiger partial charge in [-0.25, -0.2) is 47.4 Å². The summed E-state index contributed by atoms with van der Waals surface area (Å²) in [4.78, 5) is 66.8. The van der Waals surface area contributed by atoms with Crippen LogP contribution in [0.3, 0.4) is 0 Å². The second-order valence-corrected chi connectivity index (χ2v) is 15.6. The summed E-state index contributed by atoms with van der Waals surface area (Å²) in [5.74, 6) is -0.247.